The number of anilines is 1. The molecule has 4 nitrogen and oxygen atoms in total. The molecule has 6 heteroatoms. The molecule has 0 spiro atoms. The van der Waals surface area contributed by atoms with Gasteiger partial charge < -0.3 is 19.1 Å². The summed E-state index contributed by atoms with van der Waals surface area (Å²) >= 11 is 3.62. The van der Waals surface area contributed by atoms with Crippen molar-refractivity contribution >= 4 is 46.1 Å². The molecule has 49 heavy (non-hydrogen) atoms. The number of hydrogen-bond acceptors (Lipinski definition) is 6. The molecule has 0 aromatic heterocycles. The first-order chi connectivity index (χ1) is 24.0. The van der Waals surface area contributed by atoms with E-state index in [9.17, 15) is 0 Å². The van der Waals surface area contributed by atoms with E-state index < -0.39 is 5.60 Å². The summed E-state index contributed by atoms with van der Waals surface area (Å²) < 4.78 is 18.9. The van der Waals surface area contributed by atoms with Gasteiger partial charge in [-0.1, -0.05) is 68.5 Å². The summed E-state index contributed by atoms with van der Waals surface area (Å²) in [6, 6.07) is 31.3. The Morgan fingerprint density at radius 3 is 2.06 bits per heavy atom. The van der Waals surface area contributed by atoms with Crippen molar-refractivity contribution in [1.82, 2.24) is 0 Å². The maximum absolute atomic E-state index is 7.67. The van der Waals surface area contributed by atoms with E-state index in [1.807, 2.05) is 23.9 Å². The lowest BCUT2D eigenvalue weighted by Gasteiger charge is -2.39. The molecule has 3 aliphatic rings. The Balaban J connectivity index is 1.41. The zero-order valence-electron chi connectivity index (χ0n) is 29.0. The Morgan fingerprint density at radius 2 is 1.43 bits per heavy atom. The van der Waals surface area contributed by atoms with Crippen molar-refractivity contribution in [2.24, 2.45) is 0 Å². The lowest BCUT2D eigenvalue weighted by atomic mass is 9.71. The van der Waals surface area contributed by atoms with Crippen molar-refractivity contribution in [2.75, 3.05) is 50.8 Å². The highest BCUT2D eigenvalue weighted by Crippen LogP contribution is 2.61. The Bertz CT molecular complexity index is 2060. The van der Waals surface area contributed by atoms with Gasteiger partial charge in [0.15, 0.2) is 5.60 Å². The molecule has 1 aliphatic carbocycles. The molecule has 1 atom stereocenters. The van der Waals surface area contributed by atoms with Gasteiger partial charge in [0.2, 0.25) is 0 Å². The first-order valence-electron chi connectivity index (χ1n) is 17.3. The minimum atomic E-state index is -0.839. The quantitative estimate of drug-likeness (QED) is 0.151. The number of hydrogen-bond donors (Lipinski definition) is 0. The summed E-state index contributed by atoms with van der Waals surface area (Å²) in [6.45, 7) is 8.02. The third kappa shape index (κ3) is 4.93. The van der Waals surface area contributed by atoms with Crippen LogP contribution in [0, 0.1) is 0 Å². The van der Waals surface area contributed by atoms with Gasteiger partial charge in [0.05, 0.1) is 20.3 Å². The standard InChI is InChI=1S/C43H43NO3S2/c1-6-42(7-2)36-11-9-8-10-32(36)39-34-26-37(48-4)38(49-5)27-35(34)41-33(40(39)42)20-21-43(47-41,29-14-18-31(45-3)19-15-29)28-12-16-30(17-13-28)44-22-24-46-25-23-44/h8-21,26-27H,6-7,22-25H2,1-5H3. The van der Waals surface area contributed by atoms with Crippen LogP contribution in [0.25, 0.3) is 28.0 Å². The molecular formula is C43H43NO3S2. The predicted octanol–water partition coefficient (Wildman–Crippen LogP) is 10.6. The summed E-state index contributed by atoms with van der Waals surface area (Å²) in [5.41, 5.74) is 9.21. The third-order valence-electron chi connectivity index (χ3n) is 11.1. The Kier molecular flexibility index (Phi) is 8.46. The maximum Gasteiger partial charge on any atom is 0.178 e. The van der Waals surface area contributed by atoms with E-state index in [0.29, 0.717) is 0 Å². The number of thioether (sulfide) groups is 2. The van der Waals surface area contributed by atoms with Crippen LogP contribution < -0.4 is 14.4 Å². The molecule has 0 bridgehead atoms. The number of ether oxygens (including phenoxy) is 3. The second kappa shape index (κ2) is 12.8. The first-order valence-corrected chi connectivity index (χ1v) is 19.8. The van der Waals surface area contributed by atoms with E-state index in [2.05, 4.69) is 116 Å². The highest BCUT2D eigenvalue weighted by molar-refractivity contribution is 8.01. The van der Waals surface area contributed by atoms with Crippen LogP contribution in [0.4, 0.5) is 5.69 Å². The number of rotatable bonds is 8. The fourth-order valence-electron chi connectivity index (χ4n) is 8.54. The van der Waals surface area contributed by atoms with Gasteiger partial charge in [-0.2, -0.15) is 0 Å². The van der Waals surface area contributed by atoms with Crippen molar-refractivity contribution in [2.45, 2.75) is 47.5 Å². The SMILES string of the molecule is CCC1(CC)c2ccccc2-c2c1c1c(c3cc(SC)c(SC)cc23)OC(c2ccc(OC)cc2)(c2ccc(N3CCOCC3)cc2)C=C1. The number of methoxy groups -OCH3 is 1. The topological polar surface area (TPSA) is 30.9 Å². The lowest BCUT2D eigenvalue weighted by Crippen LogP contribution is -2.37. The van der Waals surface area contributed by atoms with E-state index in [1.165, 1.54) is 54.1 Å². The van der Waals surface area contributed by atoms with E-state index in [1.54, 1.807) is 18.9 Å². The van der Waals surface area contributed by atoms with Crippen molar-refractivity contribution in [3.05, 3.63) is 119 Å². The fourth-order valence-corrected chi connectivity index (χ4v) is 10.0. The number of fused-ring (bicyclic) bond motifs is 8. The van der Waals surface area contributed by atoms with Crippen LogP contribution in [0.2, 0.25) is 0 Å². The van der Waals surface area contributed by atoms with Crippen molar-refractivity contribution in [1.29, 1.82) is 0 Å². The largest absolute Gasteiger partial charge is 0.497 e. The summed E-state index contributed by atoms with van der Waals surface area (Å²) in [7, 11) is 1.72. The van der Waals surface area contributed by atoms with Crippen molar-refractivity contribution < 1.29 is 14.2 Å². The first kappa shape index (κ1) is 32.4. The molecule has 8 rings (SSSR count). The molecule has 1 saturated heterocycles. The third-order valence-corrected chi connectivity index (χ3v) is 12.8. The zero-order chi connectivity index (χ0) is 33.8. The van der Waals surface area contributed by atoms with Crippen LogP contribution in [-0.2, 0) is 15.8 Å². The van der Waals surface area contributed by atoms with Crippen molar-refractivity contribution in [3.63, 3.8) is 0 Å². The minimum Gasteiger partial charge on any atom is -0.497 e. The molecule has 2 heterocycles. The predicted molar refractivity (Wildman–Crippen MR) is 207 cm³/mol. The normalized spacial score (nSPS) is 18.9. The molecule has 0 N–H and O–H groups in total. The Hall–Kier alpha value is -3.84. The van der Waals surface area contributed by atoms with Crippen LogP contribution in [-0.4, -0.2) is 45.9 Å². The van der Waals surface area contributed by atoms with Gasteiger partial charge in [-0.15, -0.1) is 23.5 Å². The van der Waals surface area contributed by atoms with E-state index in [-0.39, 0.29) is 5.41 Å². The fraction of sp³-hybridized carbons (Fsp3) is 0.302. The van der Waals surface area contributed by atoms with Gasteiger partial charge in [0.1, 0.15) is 11.5 Å². The Morgan fingerprint density at radius 1 is 0.796 bits per heavy atom. The van der Waals surface area contributed by atoms with Gasteiger partial charge in [0, 0.05) is 56.1 Å². The lowest BCUT2D eigenvalue weighted by molar-refractivity contribution is 0.122. The number of nitrogens with zero attached hydrogens (tertiary/aromatic N) is 1. The summed E-state index contributed by atoms with van der Waals surface area (Å²) in [5, 5.41) is 2.44. The molecular weight excluding hydrogens is 643 g/mol. The van der Waals surface area contributed by atoms with E-state index >= 15 is 0 Å². The number of benzene rings is 5. The van der Waals surface area contributed by atoms with Gasteiger partial charge in [-0.3, -0.25) is 0 Å². The van der Waals surface area contributed by atoms with E-state index in [4.69, 9.17) is 14.2 Å². The van der Waals surface area contributed by atoms with Gasteiger partial charge in [-0.25, -0.2) is 0 Å². The average Bonchev–Trinajstić information content (AvgIpc) is 3.48. The van der Waals surface area contributed by atoms with Crippen LogP contribution in [0.5, 0.6) is 11.5 Å². The summed E-state index contributed by atoms with van der Waals surface area (Å²) in [6.07, 6.45) is 11.1. The molecule has 0 saturated carbocycles. The van der Waals surface area contributed by atoms with Crippen LogP contribution in [0.3, 0.4) is 0 Å². The molecule has 5 aromatic carbocycles. The molecule has 5 aromatic rings. The van der Waals surface area contributed by atoms with Gasteiger partial charge in [0.25, 0.3) is 0 Å². The highest BCUT2D eigenvalue weighted by Gasteiger charge is 2.47. The highest BCUT2D eigenvalue weighted by atomic mass is 32.2. The minimum absolute atomic E-state index is 0.102. The summed E-state index contributed by atoms with van der Waals surface area (Å²) in [5.74, 6) is 1.79. The smallest absolute Gasteiger partial charge is 0.178 e. The average molecular weight is 686 g/mol. The molecule has 2 aliphatic heterocycles. The van der Waals surface area contributed by atoms with Crippen LogP contribution >= 0.6 is 23.5 Å². The number of morpholine rings is 1. The van der Waals surface area contributed by atoms with Gasteiger partial charge in [-0.05, 0) is 95.5 Å². The summed E-state index contributed by atoms with van der Waals surface area (Å²) in [4.78, 5) is 4.97. The van der Waals surface area contributed by atoms with Crippen LogP contribution in [0.15, 0.2) is 101 Å². The molecule has 1 unspecified atom stereocenters. The maximum atomic E-state index is 7.67. The van der Waals surface area contributed by atoms with Gasteiger partial charge >= 0.3 is 0 Å². The Labute approximate surface area is 298 Å². The van der Waals surface area contributed by atoms with Crippen LogP contribution in [0.1, 0.15) is 54.5 Å². The monoisotopic (exact) mass is 685 g/mol. The second-order valence-electron chi connectivity index (χ2n) is 13.1. The molecule has 0 radical (unpaired) electrons. The molecule has 0 amide bonds. The van der Waals surface area contributed by atoms with E-state index in [0.717, 1.165) is 61.8 Å². The molecule has 1 fully saturated rings. The second-order valence-corrected chi connectivity index (χ2v) is 14.8. The van der Waals surface area contributed by atoms with Crippen molar-refractivity contribution in [3.8, 4) is 22.6 Å². The zero-order valence-corrected chi connectivity index (χ0v) is 30.6. The molecule has 250 valence electrons.